The van der Waals surface area contributed by atoms with Gasteiger partial charge >= 0.3 is 5.97 Å². The normalized spacial score (nSPS) is 12.2. The number of aliphatic carboxylic acids is 1. The summed E-state index contributed by atoms with van der Waals surface area (Å²) >= 11 is 0. The highest BCUT2D eigenvalue weighted by molar-refractivity contribution is 5.75. The van der Waals surface area contributed by atoms with E-state index >= 15 is 0 Å². The Hall–Kier alpha value is -2.86. The first-order valence-electron chi connectivity index (χ1n) is 9.13. The summed E-state index contributed by atoms with van der Waals surface area (Å²) in [4.78, 5) is 15.6. The summed E-state index contributed by atoms with van der Waals surface area (Å²) in [5.41, 5.74) is 1.90. The number of carbonyl (C=O) groups is 1. The Kier molecular flexibility index (Phi) is 6.44. The van der Waals surface area contributed by atoms with Crippen LogP contribution in [0.1, 0.15) is 18.9 Å². The Morgan fingerprint density at radius 2 is 2.04 bits per heavy atom. The standard InChI is InChI=1S/C21H24N2O4/c1-2-26-19(21(24)25)15-16-6-8-18(9-7-16)27-14-4-12-23-13-10-17-5-3-11-22-20(17)23/h3,5-11,13,19H,2,4,12,14-15H2,1H3,(H,24,25). The van der Waals surface area contributed by atoms with Crippen LogP contribution >= 0.6 is 0 Å². The van der Waals surface area contributed by atoms with Crippen molar-refractivity contribution in [1.29, 1.82) is 0 Å². The van der Waals surface area contributed by atoms with Gasteiger partial charge in [-0.2, -0.15) is 0 Å². The third-order valence-corrected chi connectivity index (χ3v) is 4.32. The minimum atomic E-state index is -0.941. The van der Waals surface area contributed by atoms with E-state index in [1.54, 1.807) is 13.1 Å². The minimum Gasteiger partial charge on any atom is -0.494 e. The zero-order chi connectivity index (χ0) is 19.1. The molecule has 2 aromatic heterocycles. The van der Waals surface area contributed by atoms with Gasteiger partial charge < -0.3 is 19.1 Å². The molecular formula is C21H24N2O4. The third kappa shape index (κ3) is 5.08. The summed E-state index contributed by atoms with van der Waals surface area (Å²) < 4.78 is 13.2. The van der Waals surface area contributed by atoms with Crippen molar-refractivity contribution in [3.05, 3.63) is 60.4 Å². The lowest BCUT2D eigenvalue weighted by atomic mass is 10.1. The molecule has 3 rings (SSSR count). The smallest absolute Gasteiger partial charge is 0.333 e. The average Bonchev–Trinajstić information content (AvgIpc) is 3.09. The number of nitrogens with zero attached hydrogens (tertiary/aromatic N) is 2. The Morgan fingerprint density at radius 1 is 1.22 bits per heavy atom. The van der Waals surface area contributed by atoms with E-state index in [2.05, 4.69) is 21.7 Å². The second kappa shape index (κ2) is 9.19. The highest BCUT2D eigenvalue weighted by Crippen LogP contribution is 2.16. The van der Waals surface area contributed by atoms with Gasteiger partial charge in [-0.05, 0) is 49.2 Å². The molecule has 6 nitrogen and oxygen atoms in total. The lowest BCUT2D eigenvalue weighted by molar-refractivity contribution is -0.149. The predicted octanol–water partition coefficient (Wildman–Crippen LogP) is 3.54. The van der Waals surface area contributed by atoms with Crippen molar-refractivity contribution >= 4 is 17.0 Å². The van der Waals surface area contributed by atoms with Crippen LogP contribution in [0.15, 0.2) is 54.9 Å². The largest absolute Gasteiger partial charge is 0.494 e. The van der Waals surface area contributed by atoms with Crippen LogP contribution in [0, 0.1) is 0 Å². The molecule has 6 heteroatoms. The molecule has 2 heterocycles. The first-order chi connectivity index (χ1) is 13.2. The van der Waals surface area contributed by atoms with Gasteiger partial charge in [0.1, 0.15) is 11.4 Å². The maximum atomic E-state index is 11.2. The van der Waals surface area contributed by atoms with Gasteiger partial charge in [-0.25, -0.2) is 9.78 Å². The molecule has 1 N–H and O–H groups in total. The summed E-state index contributed by atoms with van der Waals surface area (Å²) in [6, 6.07) is 13.6. The molecule has 0 aliphatic carbocycles. The fourth-order valence-corrected chi connectivity index (χ4v) is 2.98. The summed E-state index contributed by atoms with van der Waals surface area (Å²) in [6.07, 6.45) is 4.25. The monoisotopic (exact) mass is 368 g/mol. The van der Waals surface area contributed by atoms with E-state index in [4.69, 9.17) is 14.6 Å². The third-order valence-electron chi connectivity index (χ3n) is 4.32. The van der Waals surface area contributed by atoms with Crippen molar-refractivity contribution in [2.24, 2.45) is 0 Å². The van der Waals surface area contributed by atoms with E-state index in [1.165, 1.54) is 0 Å². The highest BCUT2D eigenvalue weighted by atomic mass is 16.5. The molecule has 1 aromatic carbocycles. The van der Waals surface area contributed by atoms with E-state index in [0.29, 0.717) is 19.6 Å². The van der Waals surface area contributed by atoms with E-state index in [1.807, 2.05) is 36.5 Å². The Morgan fingerprint density at radius 3 is 2.78 bits per heavy atom. The first-order valence-corrected chi connectivity index (χ1v) is 9.13. The number of aromatic nitrogens is 2. The van der Waals surface area contributed by atoms with E-state index in [9.17, 15) is 4.79 Å². The number of aryl methyl sites for hydroxylation is 1. The topological polar surface area (TPSA) is 73.6 Å². The number of ether oxygens (including phenoxy) is 2. The van der Waals surface area contributed by atoms with Crippen molar-refractivity contribution in [1.82, 2.24) is 9.55 Å². The van der Waals surface area contributed by atoms with E-state index in [-0.39, 0.29) is 0 Å². The second-order valence-corrected chi connectivity index (χ2v) is 6.26. The van der Waals surface area contributed by atoms with Crippen LogP contribution in [0.4, 0.5) is 0 Å². The van der Waals surface area contributed by atoms with Crippen molar-refractivity contribution in [2.45, 2.75) is 32.4 Å². The summed E-state index contributed by atoms with van der Waals surface area (Å²) in [6.45, 7) is 3.61. The Balaban J connectivity index is 1.46. The van der Waals surface area contributed by atoms with Gasteiger partial charge in [0.05, 0.1) is 6.61 Å². The zero-order valence-electron chi connectivity index (χ0n) is 15.4. The quantitative estimate of drug-likeness (QED) is 0.554. The van der Waals surface area contributed by atoms with Gasteiger partial charge in [-0.3, -0.25) is 0 Å². The fourth-order valence-electron chi connectivity index (χ4n) is 2.98. The molecule has 0 amide bonds. The molecule has 0 bridgehead atoms. The van der Waals surface area contributed by atoms with Crippen LogP contribution in [0.5, 0.6) is 5.75 Å². The summed E-state index contributed by atoms with van der Waals surface area (Å²) in [7, 11) is 0. The number of hydrogen-bond donors (Lipinski definition) is 1. The second-order valence-electron chi connectivity index (χ2n) is 6.26. The van der Waals surface area contributed by atoms with Crippen LogP contribution in [0.3, 0.4) is 0 Å². The summed E-state index contributed by atoms with van der Waals surface area (Å²) in [5, 5.41) is 10.3. The number of fused-ring (bicyclic) bond motifs is 1. The van der Waals surface area contributed by atoms with Gasteiger partial charge in [0, 0.05) is 37.4 Å². The predicted molar refractivity (Wildman–Crippen MR) is 103 cm³/mol. The minimum absolute atomic E-state index is 0.344. The van der Waals surface area contributed by atoms with Crippen LogP contribution in [-0.2, 0) is 22.5 Å². The molecule has 1 atom stereocenters. The zero-order valence-corrected chi connectivity index (χ0v) is 15.4. The molecule has 0 saturated carbocycles. The van der Waals surface area contributed by atoms with Gasteiger partial charge in [0.25, 0.3) is 0 Å². The molecule has 3 aromatic rings. The van der Waals surface area contributed by atoms with E-state index < -0.39 is 12.1 Å². The molecular weight excluding hydrogens is 344 g/mol. The number of benzene rings is 1. The van der Waals surface area contributed by atoms with Crippen LogP contribution < -0.4 is 4.74 Å². The Bertz CT molecular complexity index is 873. The van der Waals surface area contributed by atoms with E-state index in [0.717, 1.165) is 35.3 Å². The summed E-state index contributed by atoms with van der Waals surface area (Å²) in [5.74, 6) is -0.165. The fraction of sp³-hybridized carbons (Fsp3) is 0.333. The van der Waals surface area contributed by atoms with Gasteiger partial charge in [0.15, 0.2) is 6.10 Å². The highest BCUT2D eigenvalue weighted by Gasteiger charge is 2.17. The molecule has 0 saturated heterocycles. The molecule has 27 heavy (non-hydrogen) atoms. The molecule has 0 radical (unpaired) electrons. The molecule has 1 unspecified atom stereocenters. The number of rotatable bonds is 10. The lowest BCUT2D eigenvalue weighted by Gasteiger charge is -2.13. The molecule has 0 aliphatic heterocycles. The number of pyridine rings is 1. The van der Waals surface area contributed by atoms with Crippen molar-refractivity contribution < 1.29 is 19.4 Å². The van der Waals surface area contributed by atoms with Gasteiger partial charge in [-0.15, -0.1) is 0 Å². The Labute approximate surface area is 158 Å². The maximum absolute atomic E-state index is 11.2. The first kappa shape index (κ1) is 18.9. The number of carboxylic acids is 1. The molecule has 0 fully saturated rings. The van der Waals surface area contributed by atoms with Crippen LogP contribution in [0.2, 0.25) is 0 Å². The van der Waals surface area contributed by atoms with Crippen molar-refractivity contribution in [2.75, 3.05) is 13.2 Å². The van der Waals surface area contributed by atoms with Crippen molar-refractivity contribution in [3.63, 3.8) is 0 Å². The van der Waals surface area contributed by atoms with Crippen LogP contribution in [-0.4, -0.2) is 39.9 Å². The molecule has 0 spiro atoms. The molecule has 0 aliphatic rings. The van der Waals surface area contributed by atoms with Crippen molar-refractivity contribution in [3.8, 4) is 5.75 Å². The SMILES string of the molecule is CCOC(Cc1ccc(OCCCn2ccc3cccnc32)cc1)C(=O)O. The number of hydrogen-bond acceptors (Lipinski definition) is 4. The average molecular weight is 368 g/mol. The van der Waals surface area contributed by atoms with Gasteiger partial charge in [-0.1, -0.05) is 12.1 Å². The molecule has 142 valence electrons. The maximum Gasteiger partial charge on any atom is 0.333 e. The number of carboxylic acid groups (broad SMARTS) is 1. The van der Waals surface area contributed by atoms with Gasteiger partial charge in [0.2, 0.25) is 0 Å². The van der Waals surface area contributed by atoms with Crippen LogP contribution in [0.25, 0.3) is 11.0 Å². The lowest BCUT2D eigenvalue weighted by Crippen LogP contribution is -2.26.